The molecule has 2 amide bonds. The van der Waals surface area contributed by atoms with E-state index < -0.39 is 0 Å². The minimum Gasteiger partial charge on any atom is -0.322 e. The number of amides is 2. The summed E-state index contributed by atoms with van der Waals surface area (Å²) in [4.78, 5) is 23.7. The van der Waals surface area contributed by atoms with Gasteiger partial charge in [-0.25, -0.2) is 0 Å². The number of aryl methyl sites for hydroxylation is 1. The van der Waals surface area contributed by atoms with Gasteiger partial charge in [-0.2, -0.15) is 0 Å². The molecule has 0 fully saturated rings. The summed E-state index contributed by atoms with van der Waals surface area (Å²) in [7, 11) is 0. The molecule has 2 rings (SSSR count). The molecule has 4 heteroatoms. The Kier molecular flexibility index (Phi) is 5.09. The van der Waals surface area contributed by atoms with E-state index in [-0.39, 0.29) is 17.5 Å². The van der Waals surface area contributed by atoms with E-state index in [9.17, 15) is 9.59 Å². The van der Waals surface area contributed by atoms with E-state index >= 15 is 0 Å². The van der Waals surface area contributed by atoms with Crippen molar-refractivity contribution in [3.8, 4) is 0 Å². The van der Waals surface area contributed by atoms with Crippen LogP contribution in [0.1, 0.15) is 18.1 Å². The van der Waals surface area contributed by atoms with Gasteiger partial charge >= 0.3 is 0 Å². The normalized spacial score (nSPS) is 10.9. The maximum atomic E-state index is 12.4. The summed E-state index contributed by atoms with van der Waals surface area (Å²) in [5.41, 5.74) is 2.80. The van der Waals surface area contributed by atoms with Crippen LogP contribution in [0, 0.1) is 6.92 Å². The summed E-state index contributed by atoms with van der Waals surface area (Å²) in [5, 5.41) is 5.35. The van der Waals surface area contributed by atoms with Crippen molar-refractivity contribution < 1.29 is 9.59 Å². The molecule has 112 valence electrons. The molecule has 0 bridgehead atoms. The van der Waals surface area contributed by atoms with Crippen LogP contribution in [0.4, 0.5) is 5.69 Å². The SMILES string of the molecule is CC(=O)N/C(=C\c1ccccc1C)C(=O)Nc1ccccc1. The molecule has 0 aliphatic heterocycles. The molecule has 0 heterocycles. The third-order valence-electron chi connectivity index (χ3n) is 3.08. The number of hydrogen-bond donors (Lipinski definition) is 2. The quantitative estimate of drug-likeness (QED) is 0.851. The zero-order valence-electron chi connectivity index (χ0n) is 12.6. The van der Waals surface area contributed by atoms with Gasteiger partial charge in [0, 0.05) is 12.6 Å². The summed E-state index contributed by atoms with van der Waals surface area (Å²) < 4.78 is 0. The molecule has 2 aromatic carbocycles. The van der Waals surface area contributed by atoms with Crippen LogP contribution in [0.2, 0.25) is 0 Å². The fourth-order valence-corrected chi connectivity index (χ4v) is 1.97. The van der Waals surface area contributed by atoms with Crippen molar-refractivity contribution in [2.45, 2.75) is 13.8 Å². The minimum atomic E-state index is -0.357. The second-order valence-corrected chi connectivity index (χ2v) is 4.92. The first-order valence-electron chi connectivity index (χ1n) is 6.97. The number of carbonyl (C=O) groups excluding carboxylic acids is 2. The second kappa shape index (κ2) is 7.22. The van der Waals surface area contributed by atoms with Gasteiger partial charge in [0.15, 0.2) is 0 Å². The second-order valence-electron chi connectivity index (χ2n) is 4.92. The average Bonchev–Trinajstić information content (AvgIpc) is 2.49. The molecule has 4 nitrogen and oxygen atoms in total. The molecule has 2 aromatic rings. The first-order valence-corrected chi connectivity index (χ1v) is 6.97. The topological polar surface area (TPSA) is 58.2 Å². The standard InChI is InChI=1S/C18H18N2O2/c1-13-8-6-7-9-15(13)12-17(19-14(2)21)18(22)20-16-10-4-3-5-11-16/h3-12H,1-2H3,(H,19,21)(H,20,22)/b17-12-. The lowest BCUT2D eigenvalue weighted by Crippen LogP contribution is -2.29. The van der Waals surface area contributed by atoms with Crippen molar-refractivity contribution in [3.63, 3.8) is 0 Å². The van der Waals surface area contributed by atoms with Gasteiger partial charge in [0.05, 0.1) is 0 Å². The van der Waals surface area contributed by atoms with Gasteiger partial charge in [0.1, 0.15) is 5.70 Å². The van der Waals surface area contributed by atoms with Gasteiger partial charge in [-0.3, -0.25) is 9.59 Å². The first-order chi connectivity index (χ1) is 10.6. The van der Waals surface area contributed by atoms with E-state index in [0.29, 0.717) is 5.69 Å². The molecule has 0 saturated carbocycles. The molecule has 0 aliphatic rings. The number of benzene rings is 2. The molecule has 0 aromatic heterocycles. The van der Waals surface area contributed by atoms with E-state index in [0.717, 1.165) is 11.1 Å². The monoisotopic (exact) mass is 294 g/mol. The van der Waals surface area contributed by atoms with E-state index in [1.165, 1.54) is 6.92 Å². The Morgan fingerprint density at radius 3 is 2.23 bits per heavy atom. The summed E-state index contributed by atoms with van der Waals surface area (Å²) in [6.45, 7) is 3.33. The van der Waals surface area contributed by atoms with Crippen molar-refractivity contribution in [3.05, 3.63) is 71.4 Å². The van der Waals surface area contributed by atoms with Crippen LogP contribution in [-0.2, 0) is 9.59 Å². The molecular formula is C18H18N2O2. The predicted octanol–water partition coefficient (Wildman–Crippen LogP) is 3.11. The number of hydrogen-bond acceptors (Lipinski definition) is 2. The van der Waals surface area contributed by atoms with Gasteiger partial charge < -0.3 is 10.6 Å². The Labute approximate surface area is 129 Å². The molecule has 0 spiro atoms. The summed E-state index contributed by atoms with van der Waals surface area (Å²) in [5.74, 6) is -0.646. The Morgan fingerprint density at radius 1 is 0.955 bits per heavy atom. The third kappa shape index (κ3) is 4.31. The number of para-hydroxylation sites is 1. The Morgan fingerprint density at radius 2 is 1.59 bits per heavy atom. The van der Waals surface area contributed by atoms with E-state index in [1.54, 1.807) is 18.2 Å². The number of nitrogens with one attached hydrogen (secondary N) is 2. The van der Waals surface area contributed by atoms with Crippen molar-refractivity contribution in [2.75, 3.05) is 5.32 Å². The smallest absolute Gasteiger partial charge is 0.272 e. The van der Waals surface area contributed by atoms with Crippen LogP contribution in [0.3, 0.4) is 0 Å². The molecule has 0 aliphatic carbocycles. The third-order valence-corrected chi connectivity index (χ3v) is 3.08. The minimum absolute atomic E-state index is 0.214. The van der Waals surface area contributed by atoms with Gasteiger partial charge in [-0.15, -0.1) is 0 Å². The predicted molar refractivity (Wildman–Crippen MR) is 88.0 cm³/mol. The van der Waals surface area contributed by atoms with Crippen LogP contribution < -0.4 is 10.6 Å². The average molecular weight is 294 g/mol. The largest absolute Gasteiger partial charge is 0.322 e. The first kappa shape index (κ1) is 15.5. The summed E-state index contributed by atoms with van der Waals surface area (Å²) >= 11 is 0. The van der Waals surface area contributed by atoms with Crippen LogP contribution in [0.5, 0.6) is 0 Å². The fourth-order valence-electron chi connectivity index (χ4n) is 1.97. The zero-order chi connectivity index (χ0) is 15.9. The highest BCUT2D eigenvalue weighted by Gasteiger charge is 2.12. The molecule has 2 N–H and O–H groups in total. The number of carbonyl (C=O) groups is 2. The van der Waals surface area contributed by atoms with Crippen LogP contribution in [0.25, 0.3) is 6.08 Å². The van der Waals surface area contributed by atoms with Crippen LogP contribution in [-0.4, -0.2) is 11.8 Å². The van der Waals surface area contributed by atoms with Gasteiger partial charge in [-0.1, -0.05) is 42.5 Å². The molecule has 22 heavy (non-hydrogen) atoms. The van der Waals surface area contributed by atoms with E-state index in [4.69, 9.17) is 0 Å². The van der Waals surface area contributed by atoms with Gasteiger partial charge in [0.2, 0.25) is 5.91 Å². The highest BCUT2D eigenvalue weighted by atomic mass is 16.2. The summed E-state index contributed by atoms with van der Waals surface area (Å²) in [6.07, 6.45) is 1.68. The lowest BCUT2D eigenvalue weighted by molar-refractivity contribution is -0.120. The van der Waals surface area contributed by atoms with E-state index in [1.807, 2.05) is 49.4 Å². The molecule has 0 atom stereocenters. The van der Waals surface area contributed by atoms with Gasteiger partial charge in [-0.05, 0) is 36.3 Å². The lowest BCUT2D eigenvalue weighted by atomic mass is 10.1. The maximum Gasteiger partial charge on any atom is 0.272 e. The Hall–Kier alpha value is -2.88. The fraction of sp³-hybridized carbons (Fsp3) is 0.111. The maximum absolute atomic E-state index is 12.4. The molecule has 0 unspecified atom stereocenters. The molecule has 0 radical (unpaired) electrons. The molecule has 0 saturated heterocycles. The van der Waals surface area contributed by atoms with Crippen LogP contribution in [0.15, 0.2) is 60.3 Å². The van der Waals surface area contributed by atoms with Crippen molar-refractivity contribution in [2.24, 2.45) is 0 Å². The van der Waals surface area contributed by atoms with Crippen molar-refractivity contribution >= 4 is 23.6 Å². The Balaban J connectivity index is 2.28. The van der Waals surface area contributed by atoms with Crippen molar-refractivity contribution in [1.82, 2.24) is 5.32 Å². The van der Waals surface area contributed by atoms with Crippen LogP contribution >= 0.6 is 0 Å². The number of rotatable bonds is 4. The van der Waals surface area contributed by atoms with Crippen molar-refractivity contribution in [1.29, 1.82) is 0 Å². The number of anilines is 1. The van der Waals surface area contributed by atoms with Gasteiger partial charge in [0.25, 0.3) is 5.91 Å². The zero-order valence-corrected chi connectivity index (χ0v) is 12.6. The highest BCUT2D eigenvalue weighted by Crippen LogP contribution is 2.13. The highest BCUT2D eigenvalue weighted by molar-refractivity contribution is 6.08. The Bertz CT molecular complexity index is 706. The summed E-state index contributed by atoms with van der Waals surface area (Å²) in [6, 6.07) is 16.8. The molecular weight excluding hydrogens is 276 g/mol. The van der Waals surface area contributed by atoms with E-state index in [2.05, 4.69) is 10.6 Å². The lowest BCUT2D eigenvalue weighted by Gasteiger charge is -2.10.